The van der Waals surface area contributed by atoms with Crippen LogP contribution < -0.4 is 5.32 Å². The number of amides is 1. The van der Waals surface area contributed by atoms with Crippen LogP contribution in [0.5, 0.6) is 0 Å². The predicted molar refractivity (Wildman–Crippen MR) is 95.3 cm³/mol. The summed E-state index contributed by atoms with van der Waals surface area (Å²) in [4.78, 5) is 14.0. The lowest BCUT2D eigenvalue weighted by Gasteiger charge is -2.27. The Labute approximate surface area is 146 Å². The molecular formula is C19H19ClN2O2. The normalized spacial score (nSPS) is 17.6. The summed E-state index contributed by atoms with van der Waals surface area (Å²) in [6, 6.07) is 12.1. The molecule has 4 rings (SSSR count). The molecule has 1 saturated heterocycles. The Kier molecular flexibility index (Phi) is 4.27. The third-order valence-corrected chi connectivity index (χ3v) is 4.93. The van der Waals surface area contributed by atoms with Crippen LogP contribution >= 0.6 is 11.6 Å². The first-order chi connectivity index (χ1) is 11.7. The van der Waals surface area contributed by atoms with Crippen molar-refractivity contribution in [1.82, 2.24) is 4.90 Å². The molecule has 2 aromatic rings. The van der Waals surface area contributed by atoms with Crippen LogP contribution in [0, 0.1) is 0 Å². The summed E-state index contributed by atoms with van der Waals surface area (Å²) in [6.45, 7) is 4.29. The number of benzene rings is 2. The lowest BCUT2D eigenvalue weighted by Crippen LogP contribution is -2.35. The molecule has 5 heteroatoms. The van der Waals surface area contributed by atoms with E-state index in [1.807, 2.05) is 24.3 Å². The molecule has 0 aromatic heterocycles. The van der Waals surface area contributed by atoms with Gasteiger partial charge in [-0.15, -0.1) is 0 Å². The number of fused-ring (bicyclic) bond motifs is 1. The van der Waals surface area contributed by atoms with Gasteiger partial charge in [0.15, 0.2) is 0 Å². The lowest BCUT2D eigenvalue weighted by atomic mass is 9.96. The molecule has 2 aliphatic heterocycles. The van der Waals surface area contributed by atoms with Crippen molar-refractivity contribution >= 4 is 23.2 Å². The summed E-state index contributed by atoms with van der Waals surface area (Å²) >= 11 is 6.54. The van der Waals surface area contributed by atoms with E-state index in [-0.39, 0.29) is 5.91 Å². The number of nitrogens with one attached hydrogen (secondary N) is 1. The molecule has 2 aliphatic rings. The fourth-order valence-electron chi connectivity index (χ4n) is 3.41. The minimum absolute atomic E-state index is 0.0508. The average Bonchev–Trinajstić information content (AvgIpc) is 2.95. The van der Waals surface area contributed by atoms with Crippen molar-refractivity contribution in [2.24, 2.45) is 0 Å². The summed E-state index contributed by atoms with van der Waals surface area (Å²) in [5.74, 6) is 0.0508. The largest absolute Gasteiger partial charge is 0.379 e. The number of carbonyl (C=O) groups excluding carboxylic acids is 1. The Hall–Kier alpha value is -1.88. The lowest BCUT2D eigenvalue weighted by molar-refractivity contribution is -0.115. The van der Waals surface area contributed by atoms with Gasteiger partial charge in [-0.05, 0) is 34.9 Å². The second kappa shape index (κ2) is 6.55. The molecule has 0 radical (unpaired) electrons. The van der Waals surface area contributed by atoms with Gasteiger partial charge in [-0.3, -0.25) is 9.69 Å². The van der Waals surface area contributed by atoms with Gasteiger partial charge in [0.1, 0.15) is 0 Å². The Morgan fingerprint density at radius 3 is 2.83 bits per heavy atom. The van der Waals surface area contributed by atoms with E-state index in [4.69, 9.17) is 16.3 Å². The predicted octanol–water partition coefficient (Wildman–Crippen LogP) is 3.33. The molecular weight excluding hydrogens is 324 g/mol. The van der Waals surface area contributed by atoms with Gasteiger partial charge in [-0.2, -0.15) is 0 Å². The van der Waals surface area contributed by atoms with Crippen LogP contribution in [-0.2, 0) is 22.5 Å². The van der Waals surface area contributed by atoms with Crippen molar-refractivity contribution in [1.29, 1.82) is 0 Å². The van der Waals surface area contributed by atoms with E-state index >= 15 is 0 Å². The van der Waals surface area contributed by atoms with Crippen molar-refractivity contribution in [3.63, 3.8) is 0 Å². The maximum absolute atomic E-state index is 11.6. The Morgan fingerprint density at radius 1 is 1.17 bits per heavy atom. The van der Waals surface area contributed by atoms with Crippen LogP contribution in [0.15, 0.2) is 36.4 Å². The second-order valence-corrected chi connectivity index (χ2v) is 6.67. The maximum atomic E-state index is 11.6. The molecule has 124 valence electrons. The Balaban J connectivity index is 1.69. The standard InChI is InChI=1S/C19H19ClN2O2/c20-16-3-1-2-14(12-22-6-8-24-9-7-22)19(16)13-4-5-17-15(10-13)11-18(23)21-17/h1-5,10H,6-9,11-12H2,(H,21,23). The molecule has 2 heterocycles. The number of morpholine rings is 1. The smallest absolute Gasteiger partial charge is 0.228 e. The van der Waals surface area contributed by atoms with Crippen LogP contribution in [0.25, 0.3) is 11.1 Å². The number of hydrogen-bond donors (Lipinski definition) is 1. The second-order valence-electron chi connectivity index (χ2n) is 6.26. The highest BCUT2D eigenvalue weighted by atomic mass is 35.5. The quantitative estimate of drug-likeness (QED) is 0.930. The first-order valence-electron chi connectivity index (χ1n) is 8.21. The van der Waals surface area contributed by atoms with E-state index < -0.39 is 0 Å². The summed E-state index contributed by atoms with van der Waals surface area (Å²) in [5.41, 5.74) is 5.29. The average molecular weight is 343 g/mol. The minimum atomic E-state index is 0.0508. The monoisotopic (exact) mass is 342 g/mol. The summed E-state index contributed by atoms with van der Waals surface area (Å²) in [5, 5.41) is 3.63. The highest BCUT2D eigenvalue weighted by molar-refractivity contribution is 6.33. The molecule has 0 atom stereocenters. The number of hydrogen-bond acceptors (Lipinski definition) is 3. The van der Waals surface area contributed by atoms with Crippen LogP contribution in [0.1, 0.15) is 11.1 Å². The Bertz CT molecular complexity index is 785. The SMILES string of the molecule is O=C1Cc2cc(-c3c(Cl)cccc3CN3CCOCC3)ccc2N1. The maximum Gasteiger partial charge on any atom is 0.228 e. The highest BCUT2D eigenvalue weighted by Crippen LogP contribution is 2.35. The summed E-state index contributed by atoms with van der Waals surface area (Å²) in [6.07, 6.45) is 0.437. The molecule has 0 aliphatic carbocycles. The van der Waals surface area contributed by atoms with E-state index in [0.717, 1.165) is 60.2 Å². The van der Waals surface area contributed by atoms with Gasteiger partial charge in [0.25, 0.3) is 0 Å². The molecule has 0 bridgehead atoms. The van der Waals surface area contributed by atoms with E-state index in [1.165, 1.54) is 5.56 Å². The fraction of sp³-hybridized carbons (Fsp3) is 0.316. The molecule has 1 amide bonds. The number of rotatable bonds is 3. The number of halogens is 1. The molecule has 4 nitrogen and oxygen atoms in total. The van der Waals surface area contributed by atoms with E-state index in [9.17, 15) is 4.79 Å². The molecule has 0 unspecified atom stereocenters. The van der Waals surface area contributed by atoms with E-state index in [1.54, 1.807) is 0 Å². The van der Waals surface area contributed by atoms with Crippen LogP contribution in [0.3, 0.4) is 0 Å². The van der Waals surface area contributed by atoms with Gasteiger partial charge in [-0.1, -0.05) is 29.8 Å². The number of anilines is 1. The summed E-state index contributed by atoms with van der Waals surface area (Å²) < 4.78 is 5.43. The van der Waals surface area contributed by atoms with Gasteiger partial charge >= 0.3 is 0 Å². The molecule has 24 heavy (non-hydrogen) atoms. The van der Waals surface area contributed by atoms with Crippen molar-refractivity contribution < 1.29 is 9.53 Å². The first-order valence-corrected chi connectivity index (χ1v) is 8.59. The highest BCUT2D eigenvalue weighted by Gasteiger charge is 2.20. The fourth-order valence-corrected chi connectivity index (χ4v) is 3.71. The van der Waals surface area contributed by atoms with Crippen molar-refractivity contribution in [3.05, 3.63) is 52.5 Å². The number of nitrogens with zero attached hydrogens (tertiary/aromatic N) is 1. The number of ether oxygens (including phenoxy) is 1. The van der Waals surface area contributed by atoms with E-state index in [2.05, 4.69) is 22.3 Å². The topological polar surface area (TPSA) is 41.6 Å². The van der Waals surface area contributed by atoms with E-state index in [0.29, 0.717) is 6.42 Å². The molecule has 1 fully saturated rings. The molecule has 0 spiro atoms. The van der Waals surface area contributed by atoms with Crippen molar-refractivity contribution in [2.45, 2.75) is 13.0 Å². The van der Waals surface area contributed by atoms with Crippen LogP contribution in [0.4, 0.5) is 5.69 Å². The van der Waals surface area contributed by atoms with Gasteiger partial charge < -0.3 is 10.1 Å². The van der Waals surface area contributed by atoms with Gasteiger partial charge in [0.05, 0.1) is 19.6 Å². The van der Waals surface area contributed by atoms with Gasteiger partial charge in [0.2, 0.25) is 5.91 Å². The van der Waals surface area contributed by atoms with Crippen molar-refractivity contribution in [3.8, 4) is 11.1 Å². The molecule has 1 N–H and O–H groups in total. The third kappa shape index (κ3) is 3.05. The van der Waals surface area contributed by atoms with Crippen molar-refractivity contribution in [2.75, 3.05) is 31.6 Å². The zero-order valence-electron chi connectivity index (χ0n) is 13.3. The van der Waals surface area contributed by atoms with Gasteiger partial charge in [0, 0.05) is 35.9 Å². The zero-order valence-corrected chi connectivity index (χ0v) is 14.1. The molecule has 2 aromatic carbocycles. The van der Waals surface area contributed by atoms with Gasteiger partial charge in [-0.25, -0.2) is 0 Å². The third-order valence-electron chi connectivity index (χ3n) is 4.62. The van der Waals surface area contributed by atoms with Crippen LogP contribution in [-0.4, -0.2) is 37.1 Å². The molecule has 0 saturated carbocycles. The Morgan fingerprint density at radius 2 is 2.00 bits per heavy atom. The zero-order chi connectivity index (χ0) is 16.5. The number of carbonyl (C=O) groups is 1. The minimum Gasteiger partial charge on any atom is -0.379 e. The van der Waals surface area contributed by atoms with Crippen LogP contribution in [0.2, 0.25) is 5.02 Å². The summed E-state index contributed by atoms with van der Waals surface area (Å²) in [7, 11) is 0. The first kappa shape index (κ1) is 15.6.